The van der Waals surface area contributed by atoms with Gasteiger partial charge in [-0.15, -0.1) is 0 Å². The highest BCUT2D eigenvalue weighted by Gasteiger charge is 2.42. The van der Waals surface area contributed by atoms with Crippen molar-refractivity contribution in [3.63, 3.8) is 0 Å². The lowest BCUT2D eigenvalue weighted by Gasteiger charge is -2.31. The van der Waals surface area contributed by atoms with E-state index in [1.54, 1.807) is 16.4 Å². The Morgan fingerprint density at radius 3 is 2.84 bits per heavy atom. The van der Waals surface area contributed by atoms with Crippen LogP contribution in [0.1, 0.15) is 32.1 Å². The quantitative estimate of drug-likeness (QED) is 0.789. The molecule has 0 N–H and O–H groups in total. The Morgan fingerprint density at radius 1 is 1.26 bits per heavy atom. The number of aromatic nitrogens is 1. The molecule has 6 heteroatoms. The SMILES string of the molecule is O=S(=O)(c1cccnc1Cl)N1CCC2CCCCC21. The Kier molecular flexibility index (Phi) is 3.53. The van der Waals surface area contributed by atoms with Crippen molar-refractivity contribution in [2.75, 3.05) is 6.54 Å². The van der Waals surface area contributed by atoms with Crippen molar-refractivity contribution in [2.45, 2.75) is 43.0 Å². The van der Waals surface area contributed by atoms with Crippen molar-refractivity contribution in [3.05, 3.63) is 23.5 Å². The molecule has 4 nitrogen and oxygen atoms in total. The van der Waals surface area contributed by atoms with Crippen LogP contribution >= 0.6 is 11.6 Å². The Labute approximate surface area is 118 Å². The topological polar surface area (TPSA) is 50.3 Å². The monoisotopic (exact) mass is 300 g/mol. The molecule has 1 aromatic rings. The van der Waals surface area contributed by atoms with E-state index in [0.29, 0.717) is 12.5 Å². The van der Waals surface area contributed by atoms with Crippen LogP contribution in [0.4, 0.5) is 0 Å². The minimum Gasteiger partial charge on any atom is -0.243 e. The summed E-state index contributed by atoms with van der Waals surface area (Å²) in [5.41, 5.74) is 0. The molecule has 19 heavy (non-hydrogen) atoms. The molecule has 2 aliphatic rings. The molecule has 1 aliphatic heterocycles. The normalized spacial score (nSPS) is 28.3. The lowest BCUT2D eigenvalue weighted by molar-refractivity contribution is 0.260. The molecular formula is C13H17ClN2O2S. The molecule has 0 aromatic carbocycles. The van der Waals surface area contributed by atoms with Crippen LogP contribution in [0.15, 0.2) is 23.2 Å². The highest BCUT2D eigenvalue weighted by atomic mass is 35.5. The molecule has 2 heterocycles. The molecule has 0 spiro atoms. The van der Waals surface area contributed by atoms with Gasteiger partial charge < -0.3 is 0 Å². The maximum atomic E-state index is 12.7. The Balaban J connectivity index is 1.95. The van der Waals surface area contributed by atoms with Crippen LogP contribution in [0.3, 0.4) is 0 Å². The minimum atomic E-state index is -3.50. The Hall–Kier alpha value is -0.650. The Morgan fingerprint density at radius 2 is 2.05 bits per heavy atom. The average Bonchev–Trinajstić information content (AvgIpc) is 2.83. The molecule has 1 saturated carbocycles. The lowest BCUT2D eigenvalue weighted by atomic mass is 9.86. The summed E-state index contributed by atoms with van der Waals surface area (Å²) in [7, 11) is -3.50. The standard InChI is InChI=1S/C13H17ClN2O2S/c14-13-12(6-3-8-15-13)19(17,18)16-9-7-10-4-1-2-5-11(10)16/h3,6,8,10-11H,1-2,4-5,7,9H2. The molecule has 1 saturated heterocycles. The van der Waals surface area contributed by atoms with Gasteiger partial charge in [-0.25, -0.2) is 13.4 Å². The van der Waals surface area contributed by atoms with Crippen molar-refractivity contribution >= 4 is 21.6 Å². The first-order chi connectivity index (χ1) is 9.10. The predicted molar refractivity (Wildman–Crippen MR) is 73.5 cm³/mol. The van der Waals surface area contributed by atoms with E-state index < -0.39 is 10.0 Å². The molecular weight excluding hydrogens is 284 g/mol. The van der Waals surface area contributed by atoms with Gasteiger partial charge in [-0.2, -0.15) is 4.31 Å². The third kappa shape index (κ3) is 2.28. The van der Waals surface area contributed by atoms with Gasteiger partial charge in [-0.3, -0.25) is 0 Å². The predicted octanol–water partition coefficient (Wildman–Crippen LogP) is 2.69. The van der Waals surface area contributed by atoms with Crippen molar-refractivity contribution in [2.24, 2.45) is 5.92 Å². The molecule has 2 unspecified atom stereocenters. The van der Waals surface area contributed by atoms with Gasteiger partial charge in [-0.05, 0) is 37.3 Å². The van der Waals surface area contributed by atoms with Crippen LogP contribution in [-0.4, -0.2) is 30.3 Å². The molecule has 0 radical (unpaired) electrons. The maximum absolute atomic E-state index is 12.7. The van der Waals surface area contributed by atoms with Crippen LogP contribution < -0.4 is 0 Å². The van der Waals surface area contributed by atoms with Gasteiger partial charge in [0.1, 0.15) is 10.0 Å². The number of rotatable bonds is 2. The first-order valence-corrected chi connectivity index (χ1v) is 8.55. The van der Waals surface area contributed by atoms with Gasteiger partial charge in [0.15, 0.2) is 0 Å². The first-order valence-electron chi connectivity index (χ1n) is 6.73. The highest BCUT2D eigenvalue weighted by Crippen LogP contribution is 2.39. The zero-order chi connectivity index (χ0) is 13.5. The van der Waals surface area contributed by atoms with Crippen molar-refractivity contribution < 1.29 is 8.42 Å². The lowest BCUT2D eigenvalue weighted by Crippen LogP contribution is -2.39. The van der Waals surface area contributed by atoms with E-state index in [1.165, 1.54) is 12.6 Å². The molecule has 2 atom stereocenters. The number of nitrogens with zero attached hydrogens (tertiary/aromatic N) is 2. The van der Waals surface area contributed by atoms with Crippen LogP contribution in [-0.2, 0) is 10.0 Å². The number of fused-ring (bicyclic) bond motifs is 1. The molecule has 0 bridgehead atoms. The average molecular weight is 301 g/mol. The number of hydrogen-bond donors (Lipinski definition) is 0. The van der Waals surface area contributed by atoms with E-state index in [9.17, 15) is 8.42 Å². The third-order valence-electron chi connectivity index (χ3n) is 4.27. The number of sulfonamides is 1. The second-order valence-corrected chi connectivity index (χ2v) is 7.53. The van der Waals surface area contributed by atoms with Crippen LogP contribution in [0.2, 0.25) is 5.15 Å². The van der Waals surface area contributed by atoms with E-state index in [4.69, 9.17) is 11.6 Å². The van der Waals surface area contributed by atoms with Crippen molar-refractivity contribution in [1.82, 2.24) is 9.29 Å². The zero-order valence-electron chi connectivity index (χ0n) is 10.6. The fraction of sp³-hybridized carbons (Fsp3) is 0.615. The molecule has 1 aliphatic carbocycles. The van der Waals surface area contributed by atoms with Gasteiger partial charge in [0.2, 0.25) is 10.0 Å². The van der Waals surface area contributed by atoms with Crippen LogP contribution in [0.25, 0.3) is 0 Å². The molecule has 3 rings (SSSR count). The molecule has 0 amide bonds. The largest absolute Gasteiger partial charge is 0.246 e. The Bertz CT molecular complexity index is 576. The fourth-order valence-corrected chi connectivity index (χ4v) is 5.51. The molecule has 104 valence electrons. The summed E-state index contributed by atoms with van der Waals surface area (Å²) in [5.74, 6) is 0.527. The minimum absolute atomic E-state index is 0.0711. The van der Waals surface area contributed by atoms with Gasteiger partial charge in [0.05, 0.1) is 0 Å². The van der Waals surface area contributed by atoms with E-state index in [1.807, 2.05) is 0 Å². The van der Waals surface area contributed by atoms with Gasteiger partial charge in [0, 0.05) is 18.8 Å². The smallest absolute Gasteiger partial charge is 0.243 e. The molecule has 2 fully saturated rings. The van der Waals surface area contributed by atoms with Gasteiger partial charge >= 0.3 is 0 Å². The second kappa shape index (κ2) is 5.04. The second-order valence-electron chi connectivity index (χ2n) is 5.31. The number of halogens is 1. The van der Waals surface area contributed by atoms with Gasteiger partial charge in [-0.1, -0.05) is 24.4 Å². The summed E-state index contributed by atoms with van der Waals surface area (Å²) in [6.07, 6.45) is 6.95. The van der Waals surface area contributed by atoms with E-state index in [0.717, 1.165) is 25.7 Å². The van der Waals surface area contributed by atoms with Crippen molar-refractivity contribution in [1.29, 1.82) is 0 Å². The summed E-state index contributed by atoms with van der Waals surface area (Å²) in [6.45, 7) is 0.614. The van der Waals surface area contributed by atoms with Gasteiger partial charge in [0.25, 0.3) is 0 Å². The van der Waals surface area contributed by atoms with E-state index in [2.05, 4.69) is 4.98 Å². The zero-order valence-corrected chi connectivity index (χ0v) is 12.2. The summed E-state index contributed by atoms with van der Waals surface area (Å²) in [5, 5.41) is 0.0711. The fourth-order valence-electron chi connectivity index (χ4n) is 3.35. The number of pyridine rings is 1. The summed E-state index contributed by atoms with van der Waals surface area (Å²) in [4.78, 5) is 4.02. The van der Waals surface area contributed by atoms with E-state index in [-0.39, 0.29) is 16.1 Å². The molecule has 1 aromatic heterocycles. The van der Waals surface area contributed by atoms with Crippen LogP contribution in [0, 0.1) is 5.92 Å². The number of hydrogen-bond acceptors (Lipinski definition) is 3. The summed E-state index contributed by atoms with van der Waals surface area (Å²) >= 11 is 5.95. The first kappa shape index (κ1) is 13.3. The summed E-state index contributed by atoms with van der Waals surface area (Å²) < 4.78 is 27.1. The van der Waals surface area contributed by atoms with Crippen molar-refractivity contribution in [3.8, 4) is 0 Å². The van der Waals surface area contributed by atoms with E-state index >= 15 is 0 Å². The third-order valence-corrected chi connectivity index (χ3v) is 6.64. The summed E-state index contributed by atoms with van der Waals surface area (Å²) in [6, 6.07) is 3.32. The maximum Gasteiger partial charge on any atom is 0.246 e. The highest BCUT2D eigenvalue weighted by molar-refractivity contribution is 7.89. The van der Waals surface area contributed by atoms with Crippen LogP contribution in [0.5, 0.6) is 0 Å².